The molecule has 5 heteroatoms. The number of thiophene rings is 1. The highest BCUT2D eigenvalue weighted by molar-refractivity contribution is 9.10. The molecule has 3 rings (SSSR count). The van der Waals surface area contributed by atoms with Gasteiger partial charge in [0, 0.05) is 17.3 Å². The molecule has 0 atom stereocenters. The topological polar surface area (TPSA) is 12.0 Å². The van der Waals surface area contributed by atoms with E-state index >= 15 is 0 Å². The summed E-state index contributed by atoms with van der Waals surface area (Å²) in [6, 6.07) is 10.3. The molecular weight excluding hydrogens is 344 g/mol. The maximum absolute atomic E-state index is 13.7. The minimum Gasteiger partial charge on any atom is -0.378 e. The molecule has 102 valence electrons. The van der Waals surface area contributed by atoms with Crippen molar-refractivity contribution >= 4 is 43.0 Å². The number of rotatable bonds is 3. The molecule has 0 radical (unpaired) electrons. The van der Waals surface area contributed by atoms with Crippen molar-refractivity contribution in [3.05, 3.63) is 63.4 Å². The van der Waals surface area contributed by atoms with Crippen LogP contribution in [0.2, 0.25) is 0 Å². The summed E-state index contributed by atoms with van der Waals surface area (Å²) in [6.07, 6.45) is 0. The predicted molar refractivity (Wildman–Crippen MR) is 83.2 cm³/mol. The van der Waals surface area contributed by atoms with Gasteiger partial charge in [-0.25, -0.2) is 8.78 Å². The Balaban J connectivity index is 1.85. The Labute approximate surface area is 127 Å². The third-order valence-electron chi connectivity index (χ3n) is 3.04. The number of hydrogen-bond donors (Lipinski definition) is 1. The van der Waals surface area contributed by atoms with Crippen molar-refractivity contribution < 1.29 is 8.78 Å². The van der Waals surface area contributed by atoms with Gasteiger partial charge in [0.05, 0.1) is 10.2 Å². The molecule has 0 fully saturated rings. The van der Waals surface area contributed by atoms with Crippen LogP contribution in [0.15, 0.2) is 46.3 Å². The number of benzene rings is 2. The lowest BCUT2D eigenvalue weighted by Crippen LogP contribution is -2.01. The molecule has 3 aromatic rings. The molecule has 1 heterocycles. The van der Waals surface area contributed by atoms with Crippen LogP contribution >= 0.6 is 27.3 Å². The van der Waals surface area contributed by atoms with Gasteiger partial charge in [-0.2, -0.15) is 0 Å². The fourth-order valence-corrected chi connectivity index (χ4v) is 3.30. The molecule has 0 aliphatic heterocycles. The lowest BCUT2D eigenvalue weighted by molar-refractivity contribution is 0.596. The molecule has 0 bridgehead atoms. The van der Waals surface area contributed by atoms with Gasteiger partial charge in [-0.1, -0.05) is 18.2 Å². The van der Waals surface area contributed by atoms with Gasteiger partial charge in [-0.15, -0.1) is 11.3 Å². The largest absolute Gasteiger partial charge is 0.378 e. The zero-order valence-corrected chi connectivity index (χ0v) is 12.7. The summed E-state index contributed by atoms with van der Waals surface area (Å²) in [4.78, 5) is 0. The zero-order chi connectivity index (χ0) is 14.1. The maximum atomic E-state index is 13.7. The first-order chi connectivity index (χ1) is 9.65. The minimum atomic E-state index is -0.482. The molecule has 2 aromatic carbocycles. The van der Waals surface area contributed by atoms with E-state index in [1.165, 1.54) is 4.70 Å². The molecule has 0 amide bonds. The Morgan fingerprint density at radius 1 is 1.10 bits per heavy atom. The second-order valence-corrected chi connectivity index (χ2v) is 6.12. The molecule has 0 unspecified atom stereocenters. The van der Waals surface area contributed by atoms with Gasteiger partial charge in [-0.3, -0.25) is 0 Å². The van der Waals surface area contributed by atoms with Crippen LogP contribution in [-0.2, 0) is 6.54 Å². The van der Waals surface area contributed by atoms with Crippen molar-refractivity contribution in [1.82, 2.24) is 0 Å². The Bertz CT molecular complexity index is 770. The molecule has 0 aliphatic carbocycles. The number of halogens is 3. The Morgan fingerprint density at radius 2 is 1.90 bits per heavy atom. The average Bonchev–Trinajstić information content (AvgIpc) is 2.85. The Kier molecular flexibility index (Phi) is 3.72. The van der Waals surface area contributed by atoms with Crippen molar-refractivity contribution in [2.24, 2.45) is 0 Å². The van der Waals surface area contributed by atoms with Crippen LogP contribution in [0.25, 0.3) is 10.1 Å². The van der Waals surface area contributed by atoms with Crippen LogP contribution in [0.1, 0.15) is 5.56 Å². The standard InChI is InChI=1S/C15H10BrF2NS/c16-11-5-13(18)14(6-12(11)17)19-7-9-8-20-15-4-2-1-3-10(9)15/h1-6,8,19H,7H2. The molecule has 1 aromatic heterocycles. The van der Waals surface area contributed by atoms with Crippen molar-refractivity contribution in [2.75, 3.05) is 5.32 Å². The highest BCUT2D eigenvalue weighted by Crippen LogP contribution is 2.28. The molecule has 0 saturated heterocycles. The van der Waals surface area contributed by atoms with Crippen LogP contribution in [0, 0.1) is 11.6 Å². The first-order valence-electron chi connectivity index (χ1n) is 5.98. The van der Waals surface area contributed by atoms with Gasteiger partial charge in [-0.05, 0) is 44.4 Å². The van der Waals surface area contributed by atoms with Crippen molar-refractivity contribution in [3.63, 3.8) is 0 Å². The first-order valence-corrected chi connectivity index (χ1v) is 7.66. The lowest BCUT2D eigenvalue weighted by atomic mass is 10.2. The fourth-order valence-electron chi connectivity index (χ4n) is 2.02. The van der Waals surface area contributed by atoms with Gasteiger partial charge in [0.15, 0.2) is 0 Å². The van der Waals surface area contributed by atoms with Crippen molar-refractivity contribution in [2.45, 2.75) is 6.54 Å². The van der Waals surface area contributed by atoms with Crippen LogP contribution in [-0.4, -0.2) is 0 Å². The molecule has 20 heavy (non-hydrogen) atoms. The third-order valence-corrected chi connectivity index (χ3v) is 4.66. The summed E-state index contributed by atoms with van der Waals surface area (Å²) in [6.45, 7) is 0.460. The number of nitrogens with one attached hydrogen (secondary N) is 1. The quantitative estimate of drug-likeness (QED) is 0.608. The SMILES string of the molecule is Fc1cc(NCc2csc3ccccc23)c(F)cc1Br. The lowest BCUT2D eigenvalue weighted by Gasteiger charge is -2.08. The first kappa shape index (κ1) is 13.5. The summed E-state index contributed by atoms with van der Waals surface area (Å²) >= 11 is 4.61. The van der Waals surface area contributed by atoms with Crippen LogP contribution in [0.3, 0.4) is 0 Å². The summed E-state index contributed by atoms with van der Waals surface area (Å²) in [5.74, 6) is -0.957. The molecular formula is C15H10BrF2NS. The molecule has 0 saturated carbocycles. The normalized spacial score (nSPS) is 10.9. The monoisotopic (exact) mass is 353 g/mol. The third kappa shape index (κ3) is 2.55. The molecule has 1 N–H and O–H groups in total. The van der Waals surface area contributed by atoms with E-state index in [0.29, 0.717) is 6.54 Å². The van der Waals surface area contributed by atoms with E-state index in [0.717, 1.165) is 23.1 Å². The Hall–Kier alpha value is -1.46. The summed E-state index contributed by atoms with van der Waals surface area (Å²) in [5, 5.41) is 6.12. The van der Waals surface area contributed by atoms with E-state index in [-0.39, 0.29) is 10.2 Å². The molecule has 0 aliphatic rings. The average molecular weight is 354 g/mol. The second kappa shape index (κ2) is 5.50. The predicted octanol–water partition coefficient (Wildman–Crippen LogP) is 5.55. The highest BCUT2D eigenvalue weighted by Gasteiger charge is 2.09. The van der Waals surface area contributed by atoms with E-state index in [4.69, 9.17) is 0 Å². The summed E-state index contributed by atoms with van der Waals surface area (Å²) in [5.41, 5.74) is 1.24. The zero-order valence-electron chi connectivity index (χ0n) is 10.3. The fraction of sp³-hybridized carbons (Fsp3) is 0.0667. The van der Waals surface area contributed by atoms with Crippen LogP contribution < -0.4 is 5.32 Å². The van der Waals surface area contributed by atoms with Gasteiger partial charge >= 0.3 is 0 Å². The maximum Gasteiger partial charge on any atom is 0.147 e. The number of anilines is 1. The Morgan fingerprint density at radius 3 is 2.75 bits per heavy atom. The number of hydrogen-bond acceptors (Lipinski definition) is 2. The minimum absolute atomic E-state index is 0.126. The molecule has 1 nitrogen and oxygen atoms in total. The van der Waals surface area contributed by atoms with E-state index in [9.17, 15) is 8.78 Å². The van der Waals surface area contributed by atoms with Gasteiger partial charge in [0.2, 0.25) is 0 Å². The smallest absolute Gasteiger partial charge is 0.147 e. The van der Waals surface area contributed by atoms with Crippen molar-refractivity contribution in [1.29, 1.82) is 0 Å². The van der Waals surface area contributed by atoms with E-state index in [1.807, 2.05) is 29.6 Å². The second-order valence-electron chi connectivity index (χ2n) is 4.36. The van der Waals surface area contributed by atoms with E-state index < -0.39 is 11.6 Å². The molecule has 0 spiro atoms. The highest BCUT2D eigenvalue weighted by atomic mass is 79.9. The van der Waals surface area contributed by atoms with Gasteiger partial charge in [0.1, 0.15) is 11.6 Å². The summed E-state index contributed by atoms with van der Waals surface area (Å²) < 4.78 is 28.5. The van der Waals surface area contributed by atoms with Gasteiger partial charge < -0.3 is 5.32 Å². The van der Waals surface area contributed by atoms with Gasteiger partial charge in [0.25, 0.3) is 0 Å². The summed E-state index contributed by atoms with van der Waals surface area (Å²) in [7, 11) is 0. The van der Waals surface area contributed by atoms with Crippen LogP contribution in [0.4, 0.5) is 14.5 Å². The van der Waals surface area contributed by atoms with Crippen molar-refractivity contribution in [3.8, 4) is 0 Å². The van der Waals surface area contributed by atoms with E-state index in [1.54, 1.807) is 11.3 Å². The number of fused-ring (bicyclic) bond motifs is 1. The van der Waals surface area contributed by atoms with Crippen LogP contribution in [0.5, 0.6) is 0 Å². The van der Waals surface area contributed by atoms with E-state index in [2.05, 4.69) is 21.2 Å².